The molecule has 1 aliphatic carbocycles. The van der Waals surface area contributed by atoms with Crippen LogP contribution in [-0.2, 0) is 11.3 Å². The molecule has 0 N–H and O–H groups in total. The van der Waals surface area contributed by atoms with Gasteiger partial charge in [-0.15, -0.1) is 0 Å². The predicted molar refractivity (Wildman–Crippen MR) is 118 cm³/mol. The van der Waals surface area contributed by atoms with Crippen molar-refractivity contribution in [2.75, 3.05) is 26.2 Å². The molecule has 0 bridgehead atoms. The molecule has 3 heterocycles. The number of nitrogens with zero attached hydrogens (tertiary/aromatic N) is 4. The van der Waals surface area contributed by atoms with Crippen molar-refractivity contribution in [3.05, 3.63) is 53.6 Å². The summed E-state index contributed by atoms with van der Waals surface area (Å²) in [5, 5.41) is 0. The molecule has 1 amide bonds. The van der Waals surface area contributed by atoms with E-state index in [1.807, 2.05) is 6.33 Å². The van der Waals surface area contributed by atoms with Gasteiger partial charge in [-0.05, 0) is 51.5 Å². The minimum absolute atomic E-state index is 0.180. The lowest BCUT2D eigenvalue weighted by Gasteiger charge is -2.28. The second-order valence-corrected chi connectivity index (χ2v) is 10.2. The highest BCUT2D eigenvalue weighted by Crippen LogP contribution is 2.50. The Balaban J connectivity index is 1.43. The highest BCUT2D eigenvalue weighted by molar-refractivity contribution is 5.87. The molecule has 1 aromatic heterocycles. The maximum absolute atomic E-state index is 13.7. The van der Waals surface area contributed by atoms with E-state index in [9.17, 15) is 4.79 Å². The summed E-state index contributed by atoms with van der Waals surface area (Å²) in [5.41, 5.74) is 3.41. The fourth-order valence-corrected chi connectivity index (χ4v) is 5.50. The molecule has 5 nitrogen and oxygen atoms in total. The second kappa shape index (κ2) is 7.52. The van der Waals surface area contributed by atoms with Crippen LogP contribution in [0, 0.1) is 18.3 Å². The van der Waals surface area contributed by atoms with Crippen molar-refractivity contribution in [3.63, 3.8) is 0 Å². The molecule has 5 rings (SSSR count). The molecule has 3 fully saturated rings. The summed E-state index contributed by atoms with van der Waals surface area (Å²) in [4.78, 5) is 23.2. The molecule has 2 atom stereocenters. The molecule has 2 saturated heterocycles. The smallest absolute Gasteiger partial charge is 0.230 e. The molecule has 1 saturated carbocycles. The van der Waals surface area contributed by atoms with E-state index < -0.39 is 0 Å². The number of hydrogen-bond donors (Lipinski definition) is 0. The van der Waals surface area contributed by atoms with Gasteiger partial charge in [-0.1, -0.05) is 29.8 Å². The monoisotopic (exact) mass is 406 g/mol. The van der Waals surface area contributed by atoms with Crippen molar-refractivity contribution in [1.82, 2.24) is 19.4 Å². The quantitative estimate of drug-likeness (QED) is 0.728. The van der Waals surface area contributed by atoms with Crippen LogP contribution in [-0.4, -0.2) is 51.4 Å². The molecule has 30 heavy (non-hydrogen) atoms. The third-order valence-corrected chi connectivity index (χ3v) is 7.39. The molecule has 0 unspecified atom stereocenters. The van der Waals surface area contributed by atoms with Gasteiger partial charge in [0, 0.05) is 50.9 Å². The summed E-state index contributed by atoms with van der Waals surface area (Å²) in [6.45, 7) is 11.0. The molecule has 2 aromatic rings. The minimum atomic E-state index is -0.311. The van der Waals surface area contributed by atoms with E-state index >= 15 is 0 Å². The standard InChI is InChI=1S/C25H34N4O/c1-18(2)29-15-23(26-17-29)22-14-27(12-21-6-4-5-19(3)11-21)16-25(22)9-10-28(24(25)30)13-20-7-8-20/h4-6,11,15,17-18,20,22H,7-10,12-14,16H2,1-3H3/t22-,25-/m1/s1. The number of carbonyl (C=O) groups is 1. The number of benzene rings is 1. The maximum Gasteiger partial charge on any atom is 0.230 e. The van der Waals surface area contributed by atoms with Crippen LogP contribution in [0.2, 0.25) is 0 Å². The van der Waals surface area contributed by atoms with Crippen LogP contribution in [0.3, 0.4) is 0 Å². The van der Waals surface area contributed by atoms with Crippen LogP contribution in [0.25, 0.3) is 0 Å². The van der Waals surface area contributed by atoms with Crippen molar-refractivity contribution >= 4 is 5.91 Å². The summed E-state index contributed by atoms with van der Waals surface area (Å²) in [6.07, 6.45) is 7.67. The van der Waals surface area contributed by atoms with Gasteiger partial charge >= 0.3 is 0 Å². The SMILES string of the molecule is Cc1cccc(CN2C[C@H](c3cn(C(C)C)cn3)[C@@]3(CCN(CC4CC4)C3=O)C2)c1. The molecule has 2 aliphatic heterocycles. The van der Waals surface area contributed by atoms with Crippen molar-refractivity contribution in [2.45, 2.75) is 58.5 Å². The molecule has 0 radical (unpaired) electrons. The van der Waals surface area contributed by atoms with Gasteiger partial charge in [0.15, 0.2) is 0 Å². The first kappa shape index (κ1) is 19.8. The number of aryl methyl sites for hydroxylation is 1. The van der Waals surface area contributed by atoms with E-state index in [-0.39, 0.29) is 11.3 Å². The third kappa shape index (κ3) is 3.58. The van der Waals surface area contributed by atoms with Gasteiger partial charge in [0.25, 0.3) is 0 Å². The zero-order valence-corrected chi connectivity index (χ0v) is 18.6. The third-order valence-electron chi connectivity index (χ3n) is 7.39. The summed E-state index contributed by atoms with van der Waals surface area (Å²) >= 11 is 0. The Labute approximate surface area is 180 Å². The molecule has 5 heteroatoms. The van der Waals surface area contributed by atoms with Crippen LogP contribution < -0.4 is 0 Å². The number of rotatable bonds is 6. The van der Waals surface area contributed by atoms with E-state index in [1.165, 1.54) is 24.0 Å². The van der Waals surface area contributed by atoms with Gasteiger partial charge in [-0.2, -0.15) is 0 Å². The van der Waals surface area contributed by atoms with Crippen LogP contribution in [0.5, 0.6) is 0 Å². The minimum Gasteiger partial charge on any atom is -0.342 e. The molecule has 160 valence electrons. The summed E-state index contributed by atoms with van der Waals surface area (Å²) < 4.78 is 2.17. The number of amides is 1. The number of carbonyl (C=O) groups excluding carboxylic acids is 1. The first-order valence-electron chi connectivity index (χ1n) is 11.6. The predicted octanol–water partition coefficient (Wildman–Crippen LogP) is 4.00. The van der Waals surface area contributed by atoms with E-state index in [0.29, 0.717) is 11.9 Å². The Hall–Kier alpha value is -2.14. The number of aromatic nitrogens is 2. The van der Waals surface area contributed by atoms with Crippen LogP contribution >= 0.6 is 0 Å². The van der Waals surface area contributed by atoms with Gasteiger partial charge in [-0.3, -0.25) is 9.69 Å². The lowest BCUT2D eigenvalue weighted by molar-refractivity contribution is -0.136. The van der Waals surface area contributed by atoms with E-state index in [0.717, 1.165) is 50.8 Å². The van der Waals surface area contributed by atoms with Crippen molar-refractivity contribution < 1.29 is 4.79 Å². The molecule has 1 aromatic carbocycles. The molecular weight excluding hydrogens is 372 g/mol. The number of likely N-dealkylation sites (tertiary alicyclic amines) is 2. The number of hydrogen-bond acceptors (Lipinski definition) is 3. The van der Waals surface area contributed by atoms with Gasteiger partial charge in [0.2, 0.25) is 5.91 Å². The highest BCUT2D eigenvalue weighted by atomic mass is 16.2. The molecular formula is C25H34N4O. The Morgan fingerprint density at radius 1 is 1.27 bits per heavy atom. The summed E-state index contributed by atoms with van der Waals surface area (Å²) in [7, 11) is 0. The summed E-state index contributed by atoms with van der Waals surface area (Å²) in [6, 6.07) is 9.14. The fraction of sp³-hybridized carbons (Fsp3) is 0.600. The van der Waals surface area contributed by atoms with Crippen LogP contribution in [0.4, 0.5) is 0 Å². The van der Waals surface area contributed by atoms with Gasteiger partial charge < -0.3 is 9.47 Å². The van der Waals surface area contributed by atoms with Gasteiger partial charge in [-0.25, -0.2) is 4.98 Å². The van der Waals surface area contributed by atoms with Crippen LogP contribution in [0.15, 0.2) is 36.8 Å². The fourth-order valence-electron chi connectivity index (χ4n) is 5.50. The van der Waals surface area contributed by atoms with Crippen molar-refractivity contribution in [1.29, 1.82) is 0 Å². The number of imidazole rings is 1. The van der Waals surface area contributed by atoms with Gasteiger partial charge in [0.1, 0.15) is 0 Å². The lowest BCUT2D eigenvalue weighted by atomic mass is 9.75. The largest absolute Gasteiger partial charge is 0.342 e. The molecule has 3 aliphatic rings. The Morgan fingerprint density at radius 3 is 2.80 bits per heavy atom. The Kier molecular flexibility index (Phi) is 4.97. The first-order valence-corrected chi connectivity index (χ1v) is 11.6. The van der Waals surface area contributed by atoms with Crippen molar-refractivity contribution in [2.24, 2.45) is 11.3 Å². The Bertz CT molecular complexity index is 931. The van der Waals surface area contributed by atoms with Gasteiger partial charge in [0.05, 0.1) is 17.4 Å². The van der Waals surface area contributed by atoms with E-state index in [4.69, 9.17) is 4.98 Å². The van der Waals surface area contributed by atoms with E-state index in [1.54, 1.807) is 0 Å². The molecule has 1 spiro atoms. The normalized spacial score (nSPS) is 27.1. The van der Waals surface area contributed by atoms with Crippen LogP contribution in [0.1, 0.15) is 61.9 Å². The second-order valence-electron chi connectivity index (χ2n) is 10.2. The zero-order chi connectivity index (χ0) is 20.9. The van der Waals surface area contributed by atoms with E-state index in [2.05, 4.69) is 65.6 Å². The van der Waals surface area contributed by atoms with Crippen molar-refractivity contribution in [3.8, 4) is 0 Å². The zero-order valence-electron chi connectivity index (χ0n) is 18.6. The topological polar surface area (TPSA) is 41.4 Å². The lowest BCUT2D eigenvalue weighted by Crippen LogP contribution is -2.40. The maximum atomic E-state index is 13.7. The first-order chi connectivity index (χ1) is 14.4. The average Bonchev–Trinajstić information content (AvgIpc) is 3.13. The average molecular weight is 407 g/mol. The summed E-state index contributed by atoms with van der Waals surface area (Å²) in [5.74, 6) is 1.30. The Morgan fingerprint density at radius 2 is 2.10 bits per heavy atom. The highest BCUT2D eigenvalue weighted by Gasteiger charge is 2.58.